The van der Waals surface area contributed by atoms with Crippen molar-refractivity contribution in [2.45, 2.75) is 18.9 Å². The second kappa shape index (κ2) is 5.72. The number of halogens is 3. The van der Waals surface area contributed by atoms with Crippen molar-refractivity contribution in [3.05, 3.63) is 68.7 Å². The van der Waals surface area contributed by atoms with Gasteiger partial charge in [-0.2, -0.15) is 0 Å². The van der Waals surface area contributed by atoms with Crippen molar-refractivity contribution < 1.29 is 5.11 Å². The van der Waals surface area contributed by atoms with Gasteiger partial charge >= 0.3 is 0 Å². The highest BCUT2D eigenvalue weighted by molar-refractivity contribution is 6.35. The molecule has 0 saturated heterocycles. The van der Waals surface area contributed by atoms with Crippen LogP contribution in [0.5, 0.6) is 0 Å². The fourth-order valence-electron chi connectivity index (χ4n) is 2.03. The second-order valence-corrected chi connectivity index (χ2v) is 5.92. The number of rotatable bonds is 3. The Labute approximate surface area is 127 Å². The lowest BCUT2D eigenvalue weighted by molar-refractivity contribution is 0.0577. The van der Waals surface area contributed by atoms with Crippen LogP contribution in [-0.2, 0) is 12.0 Å². The molecule has 1 nitrogen and oxygen atoms in total. The molecule has 0 saturated carbocycles. The molecule has 0 aliphatic carbocycles. The Hall–Kier alpha value is -0.730. The summed E-state index contributed by atoms with van der Waals surface area (Å²) in [6.45, 7) is 1.72. The molecule has 1 N–H and O–H groups in total. The lowest BCUT2D eigenvalue weighted by Gasteiger charge is -2.25. The van der Waals surface area contributed by atoms with E-state index in [0.717, 1.165) is 5.56 Å². The van der Waals surface area contributed by atoms with Crippen molar-refractivity contribution in [2.24, 2.45) is 0 Å². The van der Waals surface area contributed by atoms with Crippen LogP contribution in [0.4, 0.5) is 0 Å². The zero-order valence-corrected chi connectivity index (χ0v) is 12.6. The van der Waals surface area contributed by atoms with Crippen molar-refractivity contribution in [2.75, 3.05) is 0 Å². The van der Waals surface area contributed by atoms with Crippen molar-refractivity contribution in [1.29, 1.82) is 0 Å². The topological polar surface area (TPSA) is 20.2 Å². The molecule has 0 fully saturated rings. The minimum absolute atomic E-state index is 0.368. The average Bonchev–Trinajstić information content (AvgIpc) is 2.33. The van der Waals surface area contributed by atoms with Crippen LogP contribution in [0.1, 0.15) is 18.1 Å². The van der Waals surface area contributed by atoms with Gasteiger partial charge in [0.1, 0.15) is 0 Å². The molecule has 0 amide bonds. The molecule has 19 heavy (non-hydrogen) atoms. The Bertz CT molecular complexity index is 594. The molecular weight excluding hydrogens is 303 g/mol. The van der Waals surface area contributed by atoms with Crippen LogP contribution in [0.25, 0.3) is 0 Å². The first-order chi connectivity index (χ1) is 8.90. The maximum atomic E-state index is 10.6. The van der Waals surface area contributed by atoms with Crippen molar-refractivity contribution >= 4 is 34.8 Å². The molecule has 2 rings (SSSR count). The lowest BCUT2D eigenvalue weighted by Crippen LogP contribution is -2.24. The van der Waals surface area contributed by atoms with Crippen LogP contribution in [0.2, 0.25) is 15.1 Å². The minimum Gasteiger partial charge on any atom is -0.385 e. The molecule has 0 aliphatic heterocycles. The third-order valence-electron chi connectivity index (χ3n) is 3.00. The molecule has 100 valence electrons. The maximum Gasteiger partial charge on any atom is 0.0923 e. The molecule has 2 aromatic rings. The van der Waals surface area contributed by atoms with Gasteiger partial charge in [0.2, 0.25) is 0 Å². The fourth-order valence-corrected chi connectivity index (χ4v) is 2.84. The van der Waals surface area contributed by atoms with Crippen LogP contribution in [0.15, 0.2) is 42.5 Å². The number of hydrogen-bond donors (Lipinski definition) is 1. The molecule has 0 bridgehead atoms. The highest BCUT2D eigenvalue weighted by atomic mass is 35.5. The van der Waals surface area contributed by atoms with Crippen LogP contribution in [-0.4, -0.2) is 5.11 Å². The summed E-state index contributed by atoms with van der Waals surface area (Å²) >= 11 is 18.1. The van der Waals surface area contributed by atoms with E-state index in [1.165, 1.54) is 0 Å². The third-order valence-corrected chi connectivity index (χ3v) is 3.92. The summed E-state index contributed by atoms with van der Waals surface area (Å²) in [7, 11) is 0. The summed E-state index contributed by atoms with van der Waals surface area (Å²) in [4.78, 5) is 0. The highest BCUT2D eigenvalue weighted by Crippen LogP contribution is 2.33. The number of aliphatic hydroxyl groups is 1. The quantitative estimate of drug-likeness (QED) is 0.835. The van der Waals surface area contributed by atoms with Crippen LogP contribution in [0, 0.1) is 0 Å². The molecule has 0 radical (unpaired) electrons. The van der Waals surface area contributed by atoms with E-state index in [1.807, 2.05) is 24.3 Å². The molecular formula is C15H13Cl3O. The maximum absolute atomic E-state index is 10.6. The Morgan fingerprint density at radius 2 is 1.68 bits per heavy atom. The highest BCUT2D eigenvalue weighted by Gasteiger charge is 2.26. The summed E-state index contributed by atoms with van der Waals surface area (Å²) in [6.07, 6.45) is 0.368. The Kier molecular flexibility index (Phi) is 4.42. The third kappa shape index (κ3) is 3.43. The van der Waals surface area contributed by atoms with Gasteiger partial charge in [0, 0.05) is 27.1 Å². The fraction of sp³-hybridized carbons (Fsp3) is 0.200. The van der Waals surface area contributed by atoms with E-state index < -0.39 is 5.60 Å². The summed E-state index contributed by atoms with van der Waals surface area (Å²) < 4.78 is 0. The van der Waals surface area contributed by atoms with Crippen LogP contribution < -0.4 is 0 Å². The van der Waals surface area contributed by atoms with Gasteiger partial charge in [-0.1, -0.05) is 59.1 Å². The molecule has 2 aromatic carbocycles. The molecule has 0 spiro atoms. The monoisotopic (exact) mass is 314 g/mol. The van der Waals surface area contributed by atoms with Gasteiger partial charge in [0.25, 0.3) is 0 Å². The van der Waals surface area contributed by atoms with Gasteiger partial charge in [-0.25, -0.2) is 0 Å². The Morgan fingerprint density at radius 1 is 1.00 bits per heavy atom. The van der Waals surface area contributed by atoms with E-state index in [4.69, 9.17) is 34.8 Å². The summed E-state index contributed by atoms with van der Waals surface area (Å²) in [5.74, 6) is 0. The van der Waals surface area contributed by atoms with Gasteiger partial charge in [-0.15, -0.1) is 0 Å². The number of benzene rings is 2. The van der Waals surface area contributed by atoms with E-state index in [2.05, 4.69) is 0 Å². The van der Waals surface area contributed by atoms with Gasteiger partial charge in [-0.3, -0.25) is 0 Å². The summed E-state index contributed by atoms with van der Waals surface area (Å²) in [6, 6.07) is 12.5. The molecule has 0 aromatic heterocycles. The predicted molar refractivity (Wildman–Crippen MR) is 81.2 cm³/mol. The largest absolute Gasteiger partial charge is 0.385 e. The minimum atomic E-state index is -1.09. The molecule has 1 atom stereocenters. The number of hydrogen-bond acceptors (Lipinski definition) is 1. The molecule has 1 unspecified atom stereocenters. The zero-order valence-electron chi connectivity index (χ0n) is 10.3. The van der Waals surface area contributed by atoms with Gasteiger partial charge < -0.3 is 5.11 Å². The van der Waals surface area contributed by atoms with E-state index in [-0.39, 0.29) is 0 Å². The van der Waals surface area contributed by atoms with Crippen molar-refractivity contribution in [3.8, 4) is 0 Å². The zero-order chi connectivity index (χ0) is 14.0. The van der Waals surface area contributed by atoms with E-state index >= 15 is 0 Å². The SMILES string of the molecule is CC(O)(Cc1ccc(Cl)cc1Cl)c1ccccc1Cl. The molecule has 4 heteroatoms. The smallest absolute Gasteiger partial charge is 0.0923 e. The van der Waals surface area contributed by atoms with Gasteiger partial charge in [-0.05, 0) is 30.7 Å². The van der Waals surface area contributed by atoms with Crippen LogP contribution >= 0.6 is 34.8 Å². The van der Waals surface area contributed by atoms with Gasteiger partial charge in [0.05, 0.1) is 5.60 Å². The Morgan fingerprint density at radius 3 is 2.32 bits per heavy atom. The molecule has 0 heterocycles. The first-order valence-corrected chi connectivity index (χ1v) is 6.95. The normalized spacial score (nSPS) is 14.2. The first-order valence-electron chi connectivity index (χ1n) is 5.81. The van der Waals surface area contributed by atoms with Gasteiger partial charge in [0.15, 0.2) is 0 Å². The van der Waals surface area contributed by atoms with E-state index in [9.17, 15) is 5.11 Å². The average molecular weight is 316 g/mol. The molecule has 0 aliphatic rings. The van der Waals surface area contributed by atoms with E-state index in [1.54, 1.807) is 25.1 Å². The van der Waals surface area contributed by atoms with E-state index in [0.29, 0.717) is 27.1 Å². The summed E-state index contributed by atoms with van der Waals surface area (Å²) in [5, 5.41) is 12.3. The van der Waals surface area contributed by atoms with Crippen LogP contribution in [0.3, 0.4) is 0 Å². The van der Waals surface area contributed by atoms with Crippen molar-refractivity contribution in [1.82, 2.24) is 0 Å². The standard InChI is InChI=1S/C15H13Cl3O/c1-15(19,12-4-2-3-5-13(12)17)9-10-6-7-11(16)8-14(10)18/h2-8,19H,9H2,1H3. The predicted octanol–water partition coefficient (Wildman–Crippen LogP) is 5.10. The second-order valence-electron chi connectivity index (χ2n) is 4.67. The van der Waals surface area contributed by atoms with Crippen molar-refractivity contribution in [3.63, 3.8) is 0 Å². The Balaban J connectivity index is 2.33. The lowest BCUT2D eigenvalue weighted by atomic mass is 9.89. The first kappa shape index (κ1) is 14.7. The summed E-state index contributed by atoms with van der Waals surface area (Å²) in [5.41, 5.74) is 0.425.